The molecule has 0 spiro atoms. The van der Waals surface area contributed by atoms with Gasteiger partial charge in [0.1, 0.15) is 6.04 Å². The van der Waals surface area contributed by atoms with Gasteiger partial charge in [0, 0.05) is 26.1 Å². The number of carbonyl (C=O) groups excluding carboxylic acids is 1. The van der Waals surface area contributed by atoms with Crippen LogP contribution in [-0.4, -0.2) is 36.5 Å². The van der Waals surface area contributed by atoms with E-state index in [1.807, 2.05) is 0 Å². The van der Waals surface area contributed by atoms with Gasteiger partial charge in [0.05, 0.1) is 6.07 Å². The van der Waals surface area contributed by atoms with Crippen LogP contribution in [-0.2, 0) is 4.79 Å². The van der Waals surface area contributed by atoms with Crippen LogP contribution in [0, 0.1) is 17.2 Å². The molecule has 0 bridgehead atoms. The number of nitrogens with one attached hydrogen (secondary N) is 1. The van der Waals surface area contributed by atoms with Gasteiger partial charge in [-0.1, -0.05) is 13.8 Å². The third-order valence-corrected chi connectivity index (χ3v) is 2.65. The van der Waals surface area contributed by atoms with Crippen molar-refractivity contribution in [2.45, 2.75) is 32.7 Å². The highest BCUT2D eigenvalue weighted by atomic mass is 16.2. The molecule has 0 saturated carbocycles. The van der Waals surface area contributed by atoms with E-state index in [0.29, 0.717) is 25.4 Å². The molecule has 15 heavy (non-hydrogen) atoms. The highest BCUT2D eigenvalue weighted by Crippen LogP contribution is 2.10. The molecule has 1 N–H and O–H groups in total. The Bertz CT molecular complexity index is 257. The zero-order chi connectivity index (χ0) is 11.3. The monoisotopic (exact) mass is 209 g/mol. The molecule has 1 unspecified atom stereocenters. The van der Waals surface area contributed by atoms with Crippen molar-refractivity contribution < 1.29 is 4.79 Å². The minimum Gasteiger partial charge on any atom is -0.324 e. The van der Waals surface area contributed by atoms with E-state index in [4.69, 9.17) is 5.26 Å². The third-order valence-electron chi connectivity index (χ3n) is 2.65. The molecule has 0 aromatic carbocycles. The smallest absolute Gasteiger partial charge is 0.223 e. The molecule has 0 aromatic heterocycles. The summed E-state index contributed by atoms with van der Waals surface area (Å²) in [6, 6.07) is 1.89. The van der Waals surface area contributed by atoms with Gasteiger partial charge < -0.3 is 10.2 Å². The Morgan fingerprint density at radius 2 is 2.40 bits per heavy atom. The second-order valence-corrected chi connectivity index (χ2v) is 4.37. The minimum absolute atomic E-state index is 0.122. The van der Waals surface area contributed by atoms with Gasteiger partial charge in [0.15, 0.2) is 0 Å². The number of amides is 1. The average molecular weight is 209 g/mol. The van der Waals surface area contributed by atoms with E-state index < -0.39 is 0 Å². The van der Waals surface area contributed by atoms with E-state index in [-0.39, 0.29) is 11.9 Å². The lowest BCUT2D eigenvalue weighted by Crippen LogP contribution is -2.53. The summed E-state index contributed by atoms with van der Waals surface area (Å²) in [5.74, 6) is 0.661. The van der Waals surface area contributed by atoms with Crippen LogP contribution >= 0.6 is 0 Å². The first-order valence-electron chi connectivity index (χ1n) is 5.55. The molecule has 0 aliphatic carbocycles. The van der Waals surface area contributed by atoms with Crippen molar-refractivity contribution in [1.29, 1.82) is 5.26 Å². The van der Waals surface area contributed by atoms with Crippen LogP contribution < -0.4 is 5.32 Å². The SMILES string of the molecule is CC(C)CCC(=O)N1CCNCC1C#N. The molecule has 1 amide bonds. The molecule has 0 radical (unpaired) electrons. The first-order valence-corrected chi connectivity index (χ1v) is 5.55. The van der Waals surface area contributed by atoms with Gasteiger partial charge in [-0.15, -0.1) is 0 Å². The summed E-state index contributed by atoms with van der Waals surface area (Å²) in [7, 11) is 0. The number of rotatable bonds is 3. The minimum atomic E-state index is -0.279. The van der Waals surface area contributed by atoms with Crippen LogP contribution in [0.1, 0.15) is 26.7 Å². The van der Waals surface area contributed by atoms with E-state index >= 15 is 0 Å². The Morgan fingerprint density at radius 3 is 3.00 bits per heavy atom. The lowest BCUT2D eigenvalue weighted by Gasteiger charge is -2.32. The van der Waals surface area contributed by atoms with Gasteiger partial charge in [-0.25, -0.2) is 0 Å². The highest BCUT2D eigenvalue weighted by molar-refractivity contribution is 5.77. The standard InChI is InChI=1S/C11H19N3O/c1-9(2)3-4-11(15)14-6-5-13-8-10(14)7-12/h9-10,13H,3-6,8H2,1-2H3. The van der Waals surface area contributed by atoms with Crippen LogP contribution in [0.5, 0.6) is 0 Å². The molecule has 4 heteroatoms. The van der Waals surface area contributed by atoms with Crippen LogP contribution in [0.15, 0.2) is 0 Å². The molecule has 4 nitrogen and oxygen atoms in total. The molecular formula is C11H19N3O. The third kappa shape index (κ3) is 3.52. The largest absolute Gasteiger partial charge is 0.324 e. The van der Waals surface area contributed by atoms with Gasteiger partial charge in [-0.2, -0.15) is 5.26 Å². The fourth-order valence-electron chi connectivity index (χ4n) is 1.67. The predicted octanol–water partition coefficient (Wildman–Crippen LogP) is 0.747. The van der Waals surface area contributed by atoms with Crippen LogP contribution in [0.3, 0.4) is 0 Å². The highest BCUT2D eigenvalue weighted by Gasteiger charge is 2.25. The van der Waals surface area contributed by atoms with Crippen molar-refractivity contribution >= 4 is 5.91 Å². The van der Waals surface area contributed by atoms with Gasteiger partial charge >= 0.3 is 0 Å². The quantitative estimate of drug-likeness (QED) is 0.746. The Balaban J connectivity index is 2.46. The molecule has 1 fully saturated rings. The Hall–Kier alpha value is -1.08. The molecular weight excluding hydrogens is 190 g/mol. The Kier molecular flexibility index (Phi) is 4.57. The normalized spacial score (nSPS) is 21.5. The maximum absolute atomic E-state index is 11.8. The number of hydrogen-bond acceptors (Lipinski definition) is 3. The molecule has 1 heterocycles. The molecule has 84 valence electrons. The molecule has 1 aliphatic heterocycles. The van der Waals surface area contributed by atoms with Crippen molar-refractivity contribution in [3.63, 3.8) is 0 Å². The Labute approximate surface area is 91.2 Å². The zero-order valence-corrected chi connectivity index (χ0v) is 9.49. The fraction of sp³-hybridized carbons (Fsp3) is 0.818. The summed E-state index contributed by atoms with van der Waals surface area (Å²) < 4.78 is 0. The molecule has 1 saturated heterocycles. The number of nitriles is 1. The van der Waals surface area contributed by atoms with E-state index in [1.165, 1.54) is 0 Å². The van der Waals surface area contributed by atoms with Gasteiger partial charge in [-0.05, 0) is 12.3 Å². The van der Waals surface area contributed by atoms with Crippen LogP contribution in [0.25, 0.3) is 0 Å². The maximum atomic E-state index is 11.8. The van der Waals surface area contributed by atoms with Crippen molar-refractivity contribution in [3.05, 3.63) is 0 Å². The van der Waals surface area contributed by atoms with E-state index in [1.54, 1.807) is 4.90 Å². The predicted molar refractivity (Wildman–Crippen MR) is 58.1 cm³/mol. The van der Waals surface area contributed by atoms with Crippen LogP contribution in [0.2, 0.25) is 0 Å². The zero-order valence-electron chi connectivity index (χ0n) is 9.49. The average Bonchev–Trinajstić information content (AvgIpc) is 2.25. The number of piperazine rings is 1. The van der Waals surface area contributed by atoms with Crippen molar-refractivity contribution in [3.8, 4) is 6.07 Å². The number of hydrogen-bond donors (Lipinski definition) is 1. The second kappa shape index (κ2) is 5.72. The first kappa shape index (κ1) is 12.0. The molecule has 1 aliphatic rings. The van der Waals surface area contributed by atoms with Crippen molar-refractivity contribution in [1.82, 2.24) is 10.2 Å². The summed E-state index contributed by atoms with van der Waals surface area (Å²) in [5, 5.41) is 12.0. The Morgan fingerprint density at radius 1 is 1.67 bits per heavy atom. The summed E-state index contributed by atoms with van der Waals surface area (Å²) in [5.41, 5.74) is 0. The van der Waals surface area contributed by atoms with Gasteiger partial charge in [0.2, 0.25) is 5.91 Å². The lowest BCUT2D eigenvalue weighted by atomic mass is 10.1. The molecule has 1 rings (SSSR count). The van der Waals surface area contributed by atoms with Crippen LogP contribution in [0.4, 0.5) is 0 Å². The number of carbonyl (C=O) groups is 1. The van der Waals surface area contributed by atoms with E-state index in [0.717, 1.165) is 13.0 Å². The van der Waals surface area contributed by atoms with Crippen molar-refractivity contribution in [2.75, 3.05) is 19.6 Å². The number of nitrogens with zero attached hydrogens (tertiary/aromatic N) is 2. The topological polar surface area (TPSA) is 56.1 Å². The first-order chi connectivity index (χ1) is 7.15. The van der Waals surface area contributed by atoms with Gasteiger partial charge in [-0.3, -0.25) is 4.79 Å². The summed E-state index contributed by atoms with van der Waals surface area (Å²) in [6.07, 6.45) is 1.47. The summed E-state index contributed by atoms with van der Waals surface area (Å²) in [4.78, 5) is 13.5. The van der Waals surface area contributed by atoms with Gasteiger partial charge in [0.25, 0.3) is 0 Å². The lowest BCUT2D eigenvalue weighted by molar-refractivity contribution is -0.133. The summed E-state index contributed by atoms with van der Waals surface area (Å²) in [6.45, 7) is 6.27. The second-order valence-electron chi connectivity index (χ2n) is 4.37. The fourth-order valence-corrected chi connectivity index (χ4v) is 1.67. The van der Waals surface area contributed by atoms with Crippen molar-refractivity contribution in [2.24, 2.45) is 5.92 Å². The molecule has 0 aromatic rings. The van der Waals surface area contributed by atoms with E-state index in [2.05, 4.69) is 25.2 Å². The summed E-state index contributed by atoms with van der Waals surface area (Å²) >= 11 is 0. The maximum Gasteiger partial charge on any atom is 0.223 e. The van der Waals surface area contributed by atoms with E-state index in [9.17, 15) is 4.79 Å². The molecule has 1 atom stereocenters.